The number of anilines is 1. The van der Waals surface area contributed by atoms with E-state index < -0.39 is 10.8 Å². The fourth-order valence-corrected chi connectivity index (χ4v) is 4.47. The minimum absolute atomic E-state index is 0.0389. The van der Waals surface area contributed by atoms with Crippen LogP contribution in [0.25, 0.3) is 11.3 Å². The van der Waals surface area contributed by atoms with Gasteiger partial charge < -0.3 is 14.4 Å². The number of pyridine rings is 1. The maximum absolute atomic E-state index is 13.0. The normalized spacial score (nSPS) is 21.7. The van der Waals surface area contributed by atoms with Gasteiger partial charge in [-0.05, 0) is 25.5 Å². The molecule has 0 saturated carbocycles. The number of hydrogen-bond acceptors (Lipinski definition) is 7. The molecule has 2 aliphatic rings. The maximum atomic E-state index is 13.0. The Bertz CT molecular complexity index is 788. The molecule has 2 aromatic heterocycles. The summed E-state index contributed by atoms with van der Waals surface area (Å²) in [5, 5.41) is 0.0389. The minimum Gasteiger partial charge on any atom is -0.380 e. The highest BCUT2D eigenvalue weighted by molar-refractivity contribution is 7.85. The molecule has 0 aromatic carbocycles. The van der Waals surface area contributed by atoms with Crippen LogP contribution in [0.3, 0.4) is 0 Å². The first-order valence-electron chi connectivity index (χ1n) is 8.83. The molecule has 8 heteroatoms. The van der Waals surface area contributed by atoms with Crippen LogP contribution in [0.4, 0.5) is 5.82 Å². The summed E-state index contributed by atoms with van der Waals surface area (Å²) in [5.41, 5.74) is 1.57. The number of ether oxygens (including phenoxy) is 2. The van der Waals surface area contributed by atoms with Crippen LogP contribution in [0, 0.1) is 6.92 Å². The fraction of sp³-hybridized carbons (Fsp3) is 0.500. The van der Waals surface area contributed by atoms with Gasteiger partial charge in [0, 0.05) is 42.5 Å². The lowest BCUT2D eigenvalue weighted by atomic mass is 10.2. The molecule has 0 aliphatic carbocycles. The zero-order valence-electron chi connectivity index (χ0n) is 14.8. The first-order chi connectivity index (χ1) is 12.7. The Kier molecular flexibility index (Phi) is 5.23. The minimum atomic E-state index is -1.13. The first-order valence-corrected chi connectivity index (χ1v) is 10.0. The van der Waals surface area contributed by atoms with Crippen LogP contribution < -0.4 is 4.90 Å². The van der Waals surface area contributed by atoms with E-state index in [1.807, 2.05) is 19.1 Å². The van der Waals surface area contributed by atoms with Gasteiger partial charge in [0.1, 0.15) is 11.6 Å². The van der Waals surface area contributed by atoms with Gasteiger partial charge in [-0.25, -0.2) is 15.0 Å². The second kappa shape index (κ2) is 7.77. The summed E-state index contributed by atoms with van der Waals surface area (Å²) >= 11 is 0. The number of aryl methyl sites for hydroxylation is 1. The highest BCUT2D eigenvalue weighted by Crippen LogP contribution is 2.27. The summed E-state index contributed by atoms with van der Waals surface area (Å²) in [6.07, 6.45) is 4.35. The molecule has 2 aliphatic heterocycles. The molecule has 0 bridgehead atoms. The Hall–Kier alpha value is -1.90. The number of morpholine rings is 1. The third kappa shape index (κ3) is 3.77. The molecule has 0 radical (unpaired) electrons. The van der Waals surface area contributed by atoms with Crippen LogP contribution in [0.5, 0.6) is 0 Å². The zero-order chi connectivity index (χ0) is 17.9. The number of rotatable bonds is 4. The van der Waals surface area contributed by atoms with Gasteiger partial charge in [-0.15, -0.1) is 0 Å². The molecule has 2 atom stereocenters. The van der Waals surface area contributed by atoms with Crippen molar-refractivity contribution in [3.05, 3.63) is 30.4 Å². The molecule has 7 nitrogen and oxygen atoms in total. The molecule has 0 spiro atoms. The van der Waals surface area contributed by atoms with E-state index in [0.717, 1.165) is 41.5 Å². The van der Waals surface area contributed by atoms with Crippen molar-refractivity contribution in [3.63, 3.8) is 0 Å². The van der Waals surface area contributed by atoms with Crippen molar-refractivity contribution in [3.8, 4) is 11.3 Å². The third-order valence-electron chi connectivity index (χ3n) is 4.62. The van der Waals surface area contributed by atoms with E-state index >= 15 is 0 Å². The lowest BCUT2D eigenvalue weighted by molar-refractivity contribution is 0.122. The topological polar surface area (TPSA) is 77.4 Å². The molecule has 2 aromatic rings. The smallest absolute Gasteiger partial charge is 0.130 e. The Labute approximate surface area is 155 Å². The lowest BCUT2D eigenvalue weighted by Gasteiger charge is -2.28. The monoisotopic (exact) mass is 374 g/mol. The lowest BCUT2D eigenvalue weighted by Crippen LogP contribution is -2.36. The van der Waals surface area contributed by atoms with Crippen LogP contribution in [0.1, 0.15) is 12.2 Å². The Morgan fingerprint density at radius 1 is 1.12 bits per heavy atom. The number of aromatic nitrogens is 3. The molecule has 2 fully saturated rings. The Balaban J connectivity index is 1.73. The zero-order valence-corrected chi connectivity index (χ0v) is 15.6. The highest BCUT2D eigenvalue weighted by atomic mass is 32.2. The molecule has 2 unspecified atom stereocenters. The Morgan fingerprint density at radius 3 is 2.58 bits per heavy atom. The van der Waals surface area contributed by atoms with E-state index in [2.05, 4.69) is 14.9 Å². The molecular formula is C18H22N4O3S. The number of nitrogens with zero attached hydrogens (tertiary/aromatic N) is 4. The molecule has 4 heterocycles. The van der Waals surface area contributed by atoms with Crippen molar-refractivity contribution in [1.82, 2.24) is 15.0 Å². The summed E-state index contributed by atoms with van der Waals surface area (Å²) in [7, 11) is -1.13. The van der Waals surface area contributed by atoms with Crippen molar-refractivity contribution in [1.29, 1.82) is 0 Å². The van der Waals surface area contributed by atoms with Crippen molar-refractivity contribution in [2.24, 2.45) is 0 Å². The van der Waals surface area contributed by atoms with Gasteiger partial charge in [-0.3, -0.25) is 4.21 Å². The van der Waals surface area contributed by atoms with Crippen molar-refractivity contribution in [2.75, 3.05) is 44.4 Å². The van der Waals surface area contributed by atoms with E-state index in [1.165, 1.54) is 0 Å². The second-order valence-electron chi connectivity index (χ2n) is 6.45. The maximum Gasteiger partial charge on any atom is 0.130 e. The van der Waals surface area contributed by atoms with Crippen molar-refractivity contribution in [2.45, 2.75) is 23.5 Å². The molecule has 4 rings (SSSR count). The SMILES string of the molecule is Cc1ncc(-c2cc(S(=O)C3CCOC3)cc(N3CCOCC3)n2)cn1. The first kappa shape index (κ1) is 17.5. The summed E-state index contributed by atoms with van der Waals surface area (Å²) in [6.45, 7) is 5.98. The van der Waals surface area contributed by atoms with Crippen LogP contribution >= 0.6 is 0 Å². The average Bonchev–Trinajstić information content (AvgIpc) is 3.23. The van der Waals surface area contributed by atoms with Gasteiger partial charge in [0.15, 0.2) is 0 Å². The molecule has 0 N–H and O–H groups in total. The second-order valence-corrected chi connectivity index (χ2v) is 8.18. The van der Waals surface area contributed by atoms with Crippen LogP contribution in [0.15, 0.2) is 29.4 Å². The average molecular weight is 374 g/mol. The predicted molar refractivity (Wildman–Crippen MR) is 98.7 cm³/mol. The van der Waals surface area contributed by atoms with Gasteiger partial charge in [-0.1, -0.05) is 0 Å². The van der Waals surface area contributed by atoms with E-state index in [1.54, 1.807) is 12.4 Å². The molecule has 0 amide bonds. The van der Waals surface area contributed by atoms with Gasteiger partial charge >= 0.3 is 0 Å². The molecule has 138 valence electrons. The van der Waals surface area contributed by atoms with Gasteiger partial charge in [0.2, 0.25) is 0 Å². The van der Waals surface area contributed by atoms with E-state index in [4.69, 9.17) is 14.5 Å². The molecular weight excluding hydrogens is 352 g/mol. The Morgan fingerprint density at radius 2 is 1.88 bits per heavy atom. The molecule has 26 heavy (non-hydrogen) atoms. The van der Waals surface area contributed by atoms with E-state index in [-0.39, 0.29) is 5.25 Å². The van der Waals surface area contributed by atoms with E-state index in [9.17, 15) is 4.21 Å². The van der Waals surface area contributed by atoms with Crippen LogP contribution in [0.2, 0.25) is 0 Å². The van der Waals surface area contributed by atoms with Crippen LogP contribution in [-0.4, -0.2) is 63.9 Å². The fourth-order valence-electron chi connectivity index (χ4n) is 3.11. The highest BCUT2D eigenvalue weighted by Gasteiger charge is 2.25. The van der Waals surface area contributed by atoms with Gasteiger partial charge in [-0.2, -0.15) is 0 Å². The van der Waals surface area contributed by atoms with Crippen LogP contribution in [-0.2, 0) is 20.3 Å². The van der Waals surface area contributed by atoms with Crippen molar-refractivity contribution < 1.29 is 13.7 Å². The summed E-state index contributed by atoms with van der Waals surface area (Å²) < 4.78 is 23.9. The summed E-state index contributed by atoms with van der Waals surface area (Å²) in [6, 6.07) is 3.84. The quantitative estimate of drug-likeness (QED) is 0.804. The third-order valence-corrected chi connectivity index (χ3v) is 6.30. The standard InChI is InChI=1S/C18H22N4O3S/c1-13-19-10-14(11-20-13)17-8-16(26(23)15-2-5-25-12-15)9-18(21-17)22-3-6-24-7-4-22/h8-11,15H,2-7,12H2,1H3. The van der Waals surface area contributed by atoms with E-state index in [0.29, 0.717) is 32.3 Å². The number of hydrogen-bond donors (Lipinski definition) is 0. The largest absolute Gasteiger partial charge is 0.380 e. The van der Waals surface area contributed by atoms with Gasteiger partial charge in [0.25, 0.3) is 0 Å². The van der Waals surface area contributed by atoms with Gasteiger partial charge in [0.05, 0.1) is 41.6 Å². The summed E-state index contributed by atoms with van der Waals surface area (Å²) in [5.74, 6) is 1.54. The molecule has 2 saturated heterocycles. The van der Waals surface area contributed by atoms with Crippen molar-refractivity contribution >= 4 is 16.6 Å². The summed E-state index contributed by atoms with van der Waals surface area (Å²) in [4.78, 5) is 16.3. The predicted octanol–water partition coefficient (Wildman–Crippen LogP) is 1.58.